The Kier molecular flexibility index (Phi) is 6.89. The van der Waals surface area contributed by atoms with Crippen LogP contribution in [0.2, 0.25) is 0 Å². The zero-order chi connectivity index (χ0) is 21.0. The van der Waals surface area contributed by atoms with E-state index in [0.29, 0.717) is 6.54 Å². The van der Waals surface area contributed by atoms with Gasteiger partial charge in [0.25, 0.3) is 0 Å². The number of rotatable bonds is 8. The van der Waals surface area contributed by atoms with E-state index in [1.165, 1.54) is 35.1 Å². The molecule has 0 aromatic heterocycles. The Bertz CT molecular complexity index is 993. The molecule has 3 aromatic carbocycles. The quantitative estimate of drug-likeness (QED) is 0.199. The molecule has 29 heavy (non-hydrogen) atoms. The number of benzene rings is 3. The van der Waals surface area contributed by atoms with Gasteiger partial charge in [-0.1, -0.05) is 61.2 Å². The molecule has 0 bridgehead atoms. The molecule has 0 amide bonds. The molecule has 0 saturated heterocycles. The summed E-state index contributed by atoms with van der Waals surface area (Å²) in [6, 6.07) is 21.7. The number of halogens is 2. The molecule has 0 aliphatic rings. The van der Waals surface area contributed by atoms with Crippen molar-refractivity contribution >= 4 is 33.4 Å². The highest BCUT2D eigenvalue weighted by atomic mass is 127. The van der Waals surface area contributed by atoms with Crippen molar-refractivity contribution in [1.29, 1.82) is 0 Å². The Labute approximate surface area is 183 Å². The number of aliphatic hydroxyl groups is 1. The summed E-state index contributed by atoms with van der Waals surface area (Å²) in [5, 5.41) is 25.0. The topological polar surface area (TPSA) is 64.5 Å². The van der Waals surface area contributed by atoms with E-state index < -0.39 is 15.8 Å². The second-order valence-corrected chi connectivity index (χ2v) is 8.33. The summed E-state index contributed by atoms with van der Waals surface area (Å²) < 4.78 is 12.3. The van der Waals surface area contributed by atoms with Crippen molar-refractivity contribution in [2.75, 3.05) is 0 Å². The van der Waals surface area contributed by atoms with Crippen LogP contribution in [0.5, 0.6) is 0 Å². The predicted octanol–water partition coefficient (Wildman–Crippen LogP) is 4.94. The third-order valence-electron chi connectivity index (χ3n) is 5.04. The number of nitrogens with one attached hydrogen (secondary N) is 2. The molecule has 3 atom stereocenters. The number of fused-ring (bicyclic) bond motifs is 1. The first kappa shape index (κ1) is 21.7. The van der Waals surface area contributed by atoms with Gasteiger partial charge in [0.15, 0.2) is 4.18 Å². The van der Waals surface area contributed by atoms with Crippen molar-refractivity contribution in [3.8, 4) is 11.1 Å². The molecular weight excluding hydrogens is 482 g/mol. The Hall–Kier alpha value is -2.00. The van der Waals surface area contributed by atoms with E-state index in [0.717, 1.165) is 21.9 Å². The van der Waals surface area contributed by atoms with Gasteiger partial charge >= 0.3 is 0 Å². The van der Waals surface area contributed by atoms with Gasteiger partial charge in [0.2, 0.25) is 0 Å². The van der Waals surface area contributed by atoms with Crippen LogP contribution < -0.4 is 10.8 Å². The lowest BCUT2D eigenvalue weighted by Gasteiger charge is -2.34. The molecule has 1 unspecified atom stereocenters. The van der Waals surface area contributed by atoms with Crippen molar-refractivity contribution in [1.82, 2.24) is 10.8 Å². The van der Waals surface area contributed by atoms with Gasteiger partial charge in [-0.2, -0.15) is 0 Å². The van der Waals surface area contributed by atoms with Gasteiger partial charge in [0.05, 0.1) is 11.7 Å². The van der Waals surface area contributed by atoms with Crippen LogP contribution in [0.25, 0.3) is 21.9 Å². The fourth-order valence-corrected chi connectivity index (χ4v) is 3.67. The van der Waals surface area contributed by atoms with Crippen molar-refractivity contribution < 1.29 is 14.7 Å². The monoisotopic (exact) mass is 506 g/mol. The van der Waals surface area contributed by atoms with Gasteiger partial charge in [0, 0.05) is 6.54 Å². The average Bonchev–Trinajstić information content (AvgIpc) is 2.73. The molecule has 152 valence electrons. The summed E-state index contributed by atoms with van der Waals surface area (Å²) in [6.45, 7) is 5.42. The Morgan fingerprint density at radius 2 is 1.72 bits per heavy atom. The minimum Gasteiger partial charge on any atom is -0.384 e. The van der Waals surface area contributed by atoms with Crippen LogP contribution >= 0.6 is 22.6 Å². The summed E-state index contributed by atoms with van der Waals surface area (Å²) in [6.07, 6.45) is 0. The summed E-state index contributed by atoms with van der Waals surface area (Å²) >= 11 is 1.52. The van der Waals surface area contributed by atoms with E-state index >= 15 is 0 Å². The number of hydrogen-bond donors (Lipinski definition) is 4. The molecule has 4 N–H and O–H groups in total. The third kappa shape index (κ3) is 4.95. The van der Waals surface area contributed by atoms with Crippen LogP contribution in [0.3, 0.4) is 0 Å². The zero-order valence-corrected chi connectivity index (χ0v) is 18.2. The van der Waals surface area contributed by atoms with Crippen molar-refractivity contribution in [2.24, 2.45) is 0 Å². The summed E-state index contributed by atoms with van der Waals surface area (Å²) in [5.41, 5.74) is 3.58. The fraction of sp³-hybridized carbons (Fsp3) is 0.217. The van der Waals surface area contributed by atoms with Crippen LogP contribution in [0.1, 0.15) is 12.5 Å². The first-order valence-corrected chi connectivity index (χ1v) is 10.5. The molecule has 0 spiro atoms. The summed E-state index contributed by atoms with van der Waals surface area (Å²) in [5.74, 6) is 0. The van der Waals surface area contributed by atoms with Gasteiger partial charge in [-0.3, -0.25) is 10.7 Å². The second-order valence-electron chi connectivity index (χ2n) is 7.24. The van der Waals surface area contributed by atoms with Crippen molar-refractivity contribution in [3.05, 3.63) is 84.6 Å². The lowest BCUT2D eigenvalue weighted by molar-refractivity contribution is -0.00770. The SMILES string of the molecule is C=C(NO)[C@@H](NCc1ccc2cc(-c3ccccc3)ccc2c1)[C@](C)(O)C(F)I. The van der Waals surface area contributed by atoms with Gasteiger partial charge in [-0.05, 0) is 69.1 Å². The van der Waals surface area contributed by atoms with E-state index in [-0.39, 0.29) is 5.70 Å². The van der Waals surface area contributed by atoms with Crippen molar-refractivity contribution in [3.63, 3.8) is 0 Å². The average molecular weight is 506 g/mol. The van der Waals surface area contributed by atoms with Gasteiger partial charge in [-0.15, -0.1) is 0 Å². The molecular formula is C23H24FIN2O2. The molecule has 3 aromatic rings. The molecule has 4 nitrogen and oxygen atoms in total. The molecule has 0 heterocycles. The lowest BCUT2D eigenvalue weighted by atomic mass is 9.95. The van der Waals surface area contributed by atoms with E-state index in [9.17, 15) is 14.7 Å². The molecule has 0 radical (unpaired) electrons. The van der Waals surface area contributed by atoms with Gasteiger partial charge in [-0.25, -0.2) is 4.39 Å². The zero-order valence-electron chi connectivity index (χ0n) is 16.1. The van der Waals surface area contributed by atoms with Crippen molar-refractivity contribution in [2.45, 2.75) is 29.3 Å². The van der Waals surface area contributed by atoms with E-state index in [1.54, 1.807) is 0 Å². The maximum atomic E-state index is 13.9. The second kappa shape index (κ2) is 9.21. The predicted molar refractivity (Wildman–Crippen MR) is 124 cm³/mol. The largest absolute Gasteiger partial charge is 0.384 e. The van der Waals surface area contributed by atoms with Gasteiger partial charge < -0.3 is 10.4 Å². The molecule has 0 aliphatic carbocycles. The molecule has 3 rings (SSSR count). The number of hydroxylamine groups is 1. The maximum absolute atomic E-state index is 13.9. The Morgan fingerprint density at radius 1 is 1.07 bits per heavy atom. The van der Waals surface area contributed by atoms with Crippen LogP contribution in [0, 0.1) is 0 Å². The maximum Gasteiger partial charge on any atom is 0.181 e. The normalized spacial score (nSPS) is 15.5. The minimum atomic E-state index is -1.74. The highest BCUT2D eigenvalue weighted by Gasteiger charge is 2.40. The molecule has 0 fully saturated rings. The van der Waals surface area contributed by atoms with Crippen LogP contribution in [0.4, 0.5) is 4.39 Å². The first-order chi connectivity index (χ1) is 13.8. The Balaban J connectivity index is 1.80. The fourth-order valence-electron chi connectivity index (χ4n) is 3.31. The lowest BCUT2D eigenvalue weighted by Crippen LogP contribution is -2.55. The summed E-state index contributed by atoms with van der Waals surface area (Å²) in [7, 11) is 0. The Morgan fingerprint density at radius 3 is 2.38 bits per heavy atom. The smallest absolute Gasteiger partial charge is 0.181 e. The standard InChI is InChI=1S/C23H24FIN2O2/c1-15(27-29)21(23(2,28)22(24)25)26-14-16-8-9-20-13-19(11-10-18(20)12-16)17-6-4-3-5-7-17/h3-13,21-22,26-29H,1,14H2,2H3/t21-,22?,23+/m1/s1. The van der Waals surface area contributed by atoms with Crippen LogP contribution in [-0.2, 0) is 6.54 Å². The molecule has 0 aliphatic heterocycles. The minimum absolute atomic E-state index is 0.0996. The first-order valence-electron chi connectivity index (χ1n) is 9.24. The number of hydrogen-bond acceptors (Lipinski definition) is 4. The van der Waals surface area contributed by atoms with Gasteiger partial charge in [0.1, 0.15) is 5.60 Å². The number of alkyl halides is 2. The highest BCUT2D eigenvalue weighted by molar-refractivity contribution is 14.1. The van der Waals surface area contributed by atoms with Crippen LogP contribution in [-0.4, -0.2) is 26.1 Å². The summed E-state index contributed by atoms with van der Waals surface area (Å²) in [4.78, 5) is 0. The highest BCUT2D eigenvalue weighted by Crippen LogP contribution is 2.28. The van der Waals surface area contributed by atoms with E-state index in [4.69, 9.17) is 0 Å². The van der Waals surface area contributed by atoms with E-state index in [2.05, 4.69) is 48.3 Å². The molecule has 6 heteroatoms. The van der Waals surface area contributed by atoms with Crippen LogP contribution in [0.15, 0.2) is 79.0 Å². The van der Waals surface area contributed by atoms with E-state index in [1.807, 2.05) is 35.8 Å². The third-order valence-corrected chi connectivity index (χ3v) is 6.30. The molecule has 0 saturated carbocycles.